The topological polar surface area (TPSA) is 113 Å². The molecule has 12 heteroatoms. The fourth-order valence-electron chi connectivity index (χ4n) is 3.11. The normalized spacial score (nSPS) is 13.8. The van der Waals surface area contributed by atoms with Crippen molar-refractivity contribution in [1.29, 1.82) is 0 Å². The number of benzene rings is 1. The van der Waals surface area contributed by atoms with Gasteiger partial charge >= 0.3 is 0 Å². The summed E-state index contributed by atoms with van der Waals surface area (Å²) in [4.78, 5) is 21.2. The Labute approximate surface area is 187 Å². The maximum Gasteiger partial charge on any atom is 0.258 e. The highest BCUT2D eigenvalue weighted by Gasteiger charge is 2.24. The van der Waals surface area contributed by atoms with E-state index in [0.29, 0.717) is 28.4 Å². The number of rotatable bonds is 9. The van der Waals surface area contributed by atoms with E-state index in [0.717, 1.165) is 18.7 Å². The first-order valence-corrected chi connectivity index (χ1v) is 12.6. The molecule has 1 aromatic carbocycles. The predicted octanol–water partition coefficient (Wildman–Crippen LogP) is 4.20. The van der Waals surface area contributed by atoms with Crippen molar-refractivity contribution in [1.82, 2.24) is 9.97 Å². The Morgan fingerprint density at radius 1 is 1.25 bits per heavy atom. The highest BCUT2D eigenvalue weighted by Crippen LogP contribution is 2.33. The summed E-state index contributed by atoms with van der Waals surface area (Å²) in [6, 6.07) is 1.86. The lowest BCUT2D eigenvalue weighted by atomic mass is 10.2. The van der Waals surface area contributed by atoms with Gasteiger partial charge in [0.1, 0.15) is 23.6 Å². The summed E-state index contributed by atoms with van der Waals surface area (Å²) in [6.45, 7) is 2.44. The standard InChI is InChI=1S/C20H21F2N5O3S2/c1-2-7-32(29,30)27-14-6-5-13(21)17(15(14)22)26-20(28)12-9-31-18-16(12)24-10-25-19(18)23-8-11-3-4-11/h5-6,9-11,27H,2-4,7-8H2,1H3,(H,26,28)(H,23,24,25). The first-order valence-electron chi connectivity index (χ1n) is 10.0. The van der Waals surface area contributed by atoms with Crippen LogP contribution in [0.15, 0.2) is 23.8 Å². The zero-order valence-electron chi connectivity index (χ0n) is 17.1. The summed E-state index contributed by atoms with van der Waals surface area (Å²) in [5.74, 6) is -2.00. The zero-order chi connectivity index (χ0) is 22.9. The number of hydrogen-bond acceptors (Lipinski definition) is 7. The van der Waals surface area contributed by atoms with Gasteiger partial charge in [-0.2, -0.15) is 0 Å². The van der Waals surface area contributed by atoms with E-state index in [1.165, 1.54) is 30.5 Å². The molecule has 2 heterocycles. The average molecular weight is 482 g/mol. The van der Waals surface area contributed by atoms with Gasteiger partial charge in [-0.25, -0.2) is 27.2 Å². The molecule has 1 aliphatic carbocycles. The lowest BCUT2D eigenvalue weighted by molar-refractivity contribution is 0.102. The average Bonchev–Trinajstić information content (AvgIpc) is 3.47. The molecule has 0 atom stereocenters. The molecule has 0 bridgehead atoms. The number of amides is 1. The van der Waals surface area contributed by atoms with Gasteiger partial charge < -0.3 is 10.6 Å². The first kappa shape index (κ1) is 22.3. The smallest absolute Gasteiger partial charge is 0.258 e. The quantitative estimate of drug-likeness (QED) is 0.422. The van der Waals surface area contributed by atoms with Crippen LogP contribution in [0.5, 0.6) is 0 Å². The number of sulfonamides is 1. The second-order valence-electron chi connectivity index (χ2n) is 7.53. The maximum atomic E-state index is 14.9. The van der Waals surface area contributed by atoms with Gasteiger partial charge in [0.2, 0.25) is 10.0 Å². The van der Waals surface area contributed by atoms with E-state index >= 15 is 0 Å². The van der Waals surface area contributed by atoms with Crippen LogP contribution in [0.2, 0.25) is 0 Å². The highest BCUT2D eigenvalue weighted by atomic mass is 32.2. The van der Waals surface area contributed by atoms with Crippen molar-refractivity contribution in [2.45, 2.75) is 26.2 Å². The Hall–Kier alpha value is -2.86. The molecule has 4 rings (SSSR count). The third kappa shape index (κ3) is 4.80. The summed E-state index contributed by atoms with van der Waals surface area (Å²) in [6.07, 6.45) is 3.99. The molecule has 8 nitrogen and oxygen atoms in total. The van der Waals surface area contributed by atoms with Crippen LogP contribution >= 0.6 is 11.3 Å². The predicted molar refractivity (Wildman–Crippen MR) is 121 cm³/mol. The molecule has 1 aliphatic rings. The SMILES string of the molecule is CCCS(=O)(=O)Nc1ccc(F)c(NC(=O)c2csc3c(NCC4CC4)ncnc23)c1F. The van der Waals surface area contributed by atoms with Crippen LogP contribution < -0.4 is 15.4 Å². The van der Waals surface area contributed by atoms with Gasteiger partial charge in [0.15, 0.2) is 5.82 Å². The molecule has 32 heavy (non-hydrogen) atoms. The van der Waals surface area contributed by atoms with E-state index in [-0.39, 0.29) is 11.3 Å². The number of thiophene rings is 1. The van der Waals surface area contributed by atoms with Crippen LogP contribution in [-0.4, -0.2) is 36.6 Å². The van der Waals surface area contributed by atoms with E-state index in [2.05, 4.69) is 25.3 Å². The van der Waals surface area contributed by atoms with Crippen LogP contribution in [0.1, 0.15) is 36.5 Å². The lowest BCUT2D eigenvalue weighted by Gasteiger charge is -2.12. The molecule has 0 spiro atoms. The van der Waals surface area contributed by atoms with Crippen molar-refractivity contribution in [3.05, 3.63) is 41.0 Å². The molecule has 2 aromatic heterocycles. The second kappa shape index (κ2) is 8.94. The van der Waals surface area contributed by atoms with Crippen LogP contribution in [0.4, 0.5) is 26.0 Å². The van der Waals surface area contributed by atoms with Gasteiger partial charge in [-0.1, -0.05) is 6.92 Å². The monoisotopic (exact) mass is 481 g/mol. The molecule has 1 fully saturated rings. The van der Waals surface area contributed by atoms with E-state index in [1.807, 2.05) is 0 Å². The molecule has 1 amide bonds. The van der Waals surface area contributed by atoms with E-state index in [1.54, 1.807) is 12.3 Å². The fraction of sp³-hybridized carbons (Fsp3) is 0.350. The van der Waals surface area contributed by atoms with Gasteiger partial charge in [-0.15, -0.1) is 11.3 Å². The summed E-state index contributed by atoms with van der Waals surface area (Å²) >= 11 is 1.25. The van der Waals surface area contributed by atoms with Gasteiger partial charge in [0, 0.05) is 11.9 Å². The van der Waals surface area contributed by atoms with Crippen molar-refractivity contribution in [3.8, 4) is 0 Å². The van der Waals surface area contributed by atoms with Gasteiger partial charge in [0.25, 0.3) is 5.91 Å². The third-order valence-electron chi connectivity index (χ3n) is 4.92. The van der Waals surface area contributed by atoms with Crippen LogP contribution in [-0.2, 0) is 10.0 Å². The number of fused-ring (bicyclic) bond motifs is 1. The van der Waals surface area contributed by atoms with E-state index < -0.39 is 38.9 Å². The minimum Gasteiger partial charge on any atom is -0.369 e. The number of carbonyl (C=O) groups is 1. The number of nitrogens with zero attached hydrogens (tertiary/aromatic N) is 2. The number of hydrogen-bond donors (Lipinski definition) is 3. The summed E-state index contributed by atoms with van der Waals surface area (Å²) in [5, 5.41) is 7.01. The number of carbonyl (C=O) groups excluding carboxylic acids is 1. The lowest BCUT2D eigenvalue weighted by Crippen LogP contribution is -2.19. The second-order valence-corrected chi connectivity index (χ2v) is 10.3. The first-order chi connectivity index (χ1) is 15.3. The largest absolute Gasteiger partial charge is 0.369 e. The van der Waals surface area contributed by atoms with Crippen molar-refractivity contribution in [2.24, 2.45) is 5.92 Å². The van der Waals surface area contributed by atoms with Crippen molar-refractivity contribution in [2.75, 3.05) is 27.7 Å². The number of aromatic nitrogens is 2. The molecule has 170 valence electrons. The Bertz CT molecular complexity index is 1280. The molecular formula is C20H21F2N5O3S2. The summed E-state index contributed by atoms with van der Waals surface area (Å²) in [5.41, 5.74) is -0.689. The summed E-state index contributed by atoms with van der Waals surface area (Å²) in [7, 11) is -3.80. The Balaban J connectivity index is 1.59. The highest BCUT2D eigenvalue weighted by molar-refractivity contribution is 7.92. The molecule has 0 unspecified atom stereocenters. The number of anilines is 3. The van der Waals surface area contributed by atoms with Crippen LogP contribution in [0.25, 0.3) is 10.2 Å². The minimum absolute atomic E-state index is 0.137. The molecule has 3 N–H and O–H groups in total. The molecule has 0 aliphatic heterocycles. The van der Waals surface area contributed by atoms with Gasteiger partial charge in [-0.3, -0.25) is 9.52 Å². The van der Waals surface area contributed by atoms with E-state index in [4.69, 9.17) is 0 Å². The summed E-state index contributed by atoms with van der Waals surface area (Å²) < 4.78 is 55.8. The van der Waals surface area contributed by atoms with Gasteiger partial charge in [0.05, 0.1) is 27.2 Å². The molecule has 3 aromatic rings. The molecule has 0 radical (unpaired) electrons. The van der Waals surface area contributed by atoms with Crippen LogP contribution in [0.3, 0.4) is 0 Å². The Morgan fingerprint density at radius 3 is 2.75 bits per heavy atom. The molecular weight excluding hydrogens is 460 g/mol. The number of halogens is 2. The Morgan fingerprint density at radius 2 is 2.03 bits per heavy atom. The maximum absolute atomic E-state index is 14.9. The van der Waals surface area contributed by atoms with Gasteiger partial charge in [-0.05, 0) is 37.3 Å². The van der Waals surface area contributed by atoms with Crippen molar-refractivity contribution < 1.29 is 22.0 Å². The molecule has 0 saturated heterocycles. The molecule has 1 saturated carbocycles. The van der Waals surface area contributed by atoms with Crippen LogP contribution in [0, 0.1) is 17.6 Å². The van der Waals surface area contributed by atoms with Crippen molar-refractivity contribution >= 4 is 54.7 Å². The fourth-order valence-corrected chi connectivity index (χ4v) is 5.21. The van der Waals surface area contributed by atoms with Crippen molar-refractivity contribution in [3.63, 3.8) is 0 Å². The zero-order valence-corrected chi connectivity index (χ0v) is 18.7. The van der Waals surface area contributed by atoms with E-state index in [9.17, 15) is 22.0 Å². The third-order valence-corrected chi connectivity index (χ3v) is 7.37. The minimum atomic E-state index is -3.80. The number of nitrogens with one attached hydrogen (secondary N) is 3. The Kier molecular flexibility index (Phi) is 6.24.